The zero-order chi connectivity index (χ0) is 50.5. The van der Waals surface area contributed by atoms with Crippen molar-refractivity contribution < 1.29 is 18.9 Å². The van der Waals surface area contributed by atoms with E-state index in [2.05, 4.69) is 93.2 Å². The van der Waals surface area contributed by atoms with Crippen molar-refractivity contribution in [1.82, 2.24) is 0 Å². The van der Waals surface area contributed by atoms with E-state index in [1.165, 1.54) is 0 Å². The lowest BCUT2D eigenvalue weighted by Crippen LogP contribution is -2.29. The van der Waals surface area contributed by atoms with E-state index in [1.807, 2.05) is 194 Å². The summed E-state index contributed by atoms with van der Waals surface area (Å²) in [5, 5.41) is 0. The highest BCUT2D eigenvalue weighted by atomic mass is 28.3. The van der Waals surface area contributed by atoms with Gasteiger partial charge >= 0.3 is 8.07 Å². The maximum Gasteiger partial charge on any atom is 0.370 e. The second kappa shape index (κ2) is 24.8. The van der Waals surface area contributed by atoms with Gasteiger partial charge in [0.05, 0.1) is 28.4 Å². The number of rotatable bonds is 4. The number of benzene rings is 8. The second-order valence-electron chi connectivity index (χ2n) is 16.0. The summed E-state index contributed by atoms with van der Waals surface area (Å²) in [6.45, 7) is 0. The molecule has 0 atom stereocenters. The van der Waals surface area contributed by atoms with Gasteiger partial charge in [0.1, 0.15) is 23.0 Å². The molecule has 0 saturated carbocycles. The first-order valence-electron chi connectivity index (χ1n) is 23.0. The fraction of sp³-hybridized carbons (Fsp3) is 0.0588. The summed E-state index contributed by atoms with van der Waals surface area (Å²) >= 11 is 0. The molecule has 8 aromatic carbocycles. The fourth-order valence-corrected chi connectivity index (χ4v) is 8.48. The molecule has 0 amide bonds. The van der Waals surface area contributed by atoms with E-state index < -0.39 is 8.07 Å². The minimum Gasteiger partial charge on any atom is -0.497 e. The molecule has 0 fully saturated rings. The molecule has 4 nitrogen and oxygen atoms in total. The molecule has 5 heteroatoms. The fourth-order valence-electron chi connectivity index (χ4n) is 6.78. The molecule has 0 bridgehead atoms. The lowest BCUT2D eigenvalue weighted by molar-refractivity contribution is 0.414. The van der Waals surface area contributed by atoms with E-state index >= 15 is 0 Å². The Kier molecular flexibility index (Phi) is 16.7. The van der Waals surface area contributed by atoms with Crippen molar-refractivity contribution in [2.45, 2.75) is 0 Å². The molecule has 0 spiro atoms. The number of hydrogen-bond acceptors (Lipinski definition) is 4. The highest BCUT2D eigenvalue weighted by Gasteiger charge is 2.26. The molecule has 0 aliphatic rings. The van der Waals surface area contributed by atoms with Crippen molar-refractivity contribution in [2.75, 3.05) is 28.4 Å². The van der Waals surface area contributed by atoms with Gasteiger partial charge in [0.2, 0.25) is 0 Å². The average Bonchev–Trinajstić information content (AvgIpc) is 3.45. The Morgan fingerprint density at radius 1 is 0.219 bits per heavy atom. The molecule has 0 aromatic heterocycles. The SMILES string of the molecule is COc1cccc(C#Cc2ccc(C#C[Si](C#Cc3ccc(C#Cc4cccc(OC)c4)cc3)(C#Cc3ccc(C#Cc4cccc(OC)c4)cc3)C#Cc3ccc(C#Cc4cccc(OC)c4)cc3)cc2)c1. The van der Waals surface area contributed by atoms with Crippen LogP contribution in [0.25, 0.3) is 0 Å². The van der Waals surface area contributed by atoms with E-state index in [9.17, 15) is 0 Å². The van der Waals surface area contributed by atoms with Gasteiger partial charge in [0, 0.05) is 66.8 Å². The lowest BCUT2D eigenvalue weighted by atomic mass is 10.1. The first-order chi connectivity index (χ1) is 35.8. The predicted octanol–water partition coefficient (Wildman–Crippen LogP) is 11.4. The molecule has 344 valence electrons. The molecule has 0 aliphatic carbocycles. The summed E-state index contributed by atoms with van der Waals surface area (Å²) < 4.78 is 21.5. The lowest BCUT2D eigenvalue weighted by Gasteiger charge is -2.05. The van der Waals surface area contributed by atoms with E-state index in [1.54, 1.807) is 28.4 Å². The van der Waals surface area contributed by atoms with Crippen LogP contribution >= 0.6 is 0 Å². The van der Waals surface area contributed by atoms with Gasteiger partial charge in [-0.15, -0.1) is 0 Å². The molecule has 0 radical (unpaired) electrons. The van der Waals surface area contributed by atoms with E-state index in [0.717, 1.165) is 89.8 Å². The summed E-state index contributed by atoms with van der Waals surface area (Å²) in [4.78, 5) is 0. The summed E-state index contributed by atoms with van der Waals surface area (Å²) in [7, 11) is 3.11. The van der Waals surface area contributed by atoms with Crippen LogP contribution in [0.2, 0.25) is 0 Å². The second-order valence-corrected chi connectivity index (χ2v) is 18.5. The van der Waals surface area contributed by atoms with Crippen LogP contribution < -0.4 is 18.9 Å². The van der Waals surface area contributed by atoms with Gasteiger partial charge in [-0.25, -0.2) is 0 Å². The van der Waals surface area contributed by atoms with Crippen molar-refractivity contribution in [2.24, 2.45) is 0 Å². The van der Waals surface area contributed by atoms with Gasteiger partial charge in [0.25, 0.3) is 0 Å². The van der Waals surface area contributed by atoms with Crippen molar-refractivity contribution in [1.29, 1.82) is 0 Å². The minimum absolute atomic E-state index is 0.754. The summed E-state index contributed by atoms with van der Waals surface area (Å²) in [5.74, 6) is 42.6. The van der Waals surface area contributed by atoms with Crippen LogP contribution in [0.4, 0.5) is 0 Å². The van der Waals surface area contributed by atoms with Crippen molar-refractivity contribution in [3.8, 4) is 116 Å². The average molecular weight is 953 g/mol. The van der Waals surface area contributed by atoms with Crippen LogP contribution in [0.1, 0.15) is 66.8 Å². The van der Waals surface area contributed by atoms with Crippen LogP contribution in [0.5, 0.6) is 23.0 Å². The third-order valence-electron chi connectivity index (χ3n) is 10.8. The normalized spacial score (nSPS) is 9.59. The predicted molar refractivity (Wildman–Crippen MR) is 295 cm³/mol. The first kappa shape index (κ1) is 49.1. The van der Waals surface area contributed by atoms with Gasteiger partial charge in [-0.2, -0.15) is 0 Å². The molecular formula is C68H44O4Si. The zero-order valence-corrected chi connectivity index (χ0v) is 41.6. The largest absolute Gasteiger partial charge is 0.497 e. The Bertz CT molecular complexity index is 3300. The molecule has 0 saturated heterocycles. The van der Waals surface area contributed by atoms with Gasteiger partial charge in [-0.05, 0) is 170 Å². The quantitative estimate of drug-likeness (QED) is 0.130. The van der Waals surface area contributed by atoms with Crippen molar-refractivity contribution in [3.05, 3.63) is 261 Å². The Morgan fingerprint density at radius 3 is 0.589 bits per heavy atom. The third kappa shape index (κ3) is 14.8. The minimum atomic E-state index is -3.46. The third-order valence-corrected chi connectivity index (χ3v) is 12.8. The molecule has 0 unspecified atom stereocenters. The topological polar surface area (TPSA) is 36.9 Å². The molecule has 0 N–H and O–H groups in total. The highest BCUT2D eigenvalue weighted by molar-refractivity contribution is 7.06. The van der Waals surface area contributed by atoms with Crippen LogP contribution in [0.3, 0.4) is 0 Å². The molecular weight excluding hydrogens is 909 g/mol. The van der Waals surface area contributed by atoms with Crippen LogP contribution in [-0.2, 0) is 0 Å². The van der Waals surface area contributed by atoms with Gasteiger partial charge in [-0.3, -0.25) is 0 Å². The number of methoxy groups -OCH3 is 4. The van der Waals surface area contributed by atoms with Gasteiger partial charge in [0.15, 0.2) is 0 Å². The van der Waals surface area contributed by atoms with Gasteiger partial charge in [-0.1, -0.05) is 117 Å². The number of hydrogen-bond donors (Lipinski definition) is 0. The Morgan fingerprint density at radius 2 is 0.397 bits per heavy atom. The van der Waals surface area contributed by atoms with Crippen LogP contribution in [0.15, 0.2) is 194 Å². The molecule has 8 rings (SSSR count). The van der Waals surface area contributed by atoms with Crippen molar-refractivity contribution >= 4 is 8.07 Å². The summed E-state index contributed by atoms with van der Waals surface area (Å²) in [6, 6.07) is 62.0. The van der Waals surface area contributed by atoms with Crippen LogP contribution in [0, 0.1) is 93.2 Å². The van der Waals surface area contributed by atoms with Gasteiger partial charge < -0.3 is 18.9 Å². The van der Waals surface area contributed by atoms with E-state index in [-0.39, 0.29) is 0 Å². The standard InChI is InChI=1S/C68H44O4Si/c1-69-65-13-5-9-61(49-65)37-33-53-17-25-57(26-18-53)41-45-73(46-42-58-27-19-54(20-28-58)34-38-62-10-6-14-66(50-62)70-2,47-43-59-29-21-55(22-30-59)35-39-63-11-7-15-67(51-63)71-3)48-44-60-31-23-56(24-32-60)36-40-64-12-8-16-68(52-64)72-4/h5-32,49-52H,1-4H3. The van der Waals surface area contributed by atoms with E-state index in [0.29, 0.717) is 0 Å². The first-order valence-corrected chi connectivity index (χ1v) is 25.0. The number of ether oxygens (including phenoxy) is 4. The molecule has 73 heavy (non-hydrogen) atoms. The van der Waals surface area contributed by atoms with Crippen molar-refractivity contribution in [3.63, 3.8) is 0 Å². The maximum absolute atomic E-state index is 5.37. The maximum atomic E-state index is 5.37. The molecule has 0 heterocycles. The van der Waals surface area contributed by atoms with Crippen LogP contribution in [-0.4, -0.2) is 36.5 Å². The Labute approximate surface area is 430 Å². The summed E-state index contributed by atoms with van der Waals surface area (Å²) in [5.41, 5.74) is 24.2. The Balaban J connectivity index is 1.17. The molecule has 0 aliphatic heterocycles. The summed E-state index contributed by atoms with van der Waals surface area (Å²) in [6.07, 6.45) is 0. The monoisotopic (exact) mass is 952 g/mol. The Hall–Kier alpha value is -10.3. The zero-order valence-electron chi connectivity index (χ0n) is 40.6. The highest BCUT2D eigenvalue weighted by Crippen LogP contribution is 2.16. The molecule has 8 aromatic rings. The smallest absolute Gasteiger partial charge is 0.370 e. The van der Waals surface area contributed by atoms with E-state index in [4.69, 9.17) is 18.9 Å².